The summed E-state index contributed by atoms with van der Waals surface area (Å²) in [6.07, 6.45) is 9.48. The first-order valence-corrected chi connectivity index (χ1v) is 8.99. The Morgan fingerprint density at radius 1 is 1.46 bits per heavy atom. The summed E-state index contributed by atoms with van der Waals surface area (Å²) in [5.74, 6) is 0.563. The number of hydrogen-bond donors (Lipinski definition) is 4. The smallest absolute Gasteiger partial charge is 0.223 e. The molecule has 0 bridgehead atoms. The van der Waals surface area contributed by atoms with Crippen LogP contribution in [0.25, 0.3) is 5.57 Å². The third-order valence-electron chi connectivity index (χ3n) is 5.46. The summed E-state index contributed by atoms with van der Waals surface area (Å²) in [6.45, 7) is 0.993. The first-order chi connectivity index (χ1) is 11.6. The third kappa shape index (κ3) is 3.00. The number of halogens is 1. The van der Waals surface area contributed by atoms with E-state index in [0.717, 1.165) is 43.5 Å². The highest BCUT2D eigenvalue weighted by Gasteiger charge is 2.47. The maximum Gasteiger partial charge on any atom is 0.223 e. The van der Waals surface area contributed by atoms with Crippen molar-refractivity contribution < 1.29 is 0 Å². The van der Waals surface area contributed by atoms with Crippen molar-refractivity contribution in [3.63, 3.8) is 0 Å². The molecular formula is C17H23ClN6. The molecule has 0 radical (unpaired) electrons. The van der Waals surface area contributed by atoms with Gasteiger partial charge in [-0.25, -0.2) is 9.97 Å². The van der Waals surface area contributed by atoms with Crippen molar-refractivity contribution in [2.75, 3.05) is 11.9 Å². The molecule has 6 nitrogen and oxygen atoms in total. The van der Waals surface area contributed by atoms with Gasteiger partial charge in [-0.05, 0) is 43.9 Å². The predicted molar refractivity (Wildman–Crippen MR) is 96.3 cm³/mol. The van der Waals surface area contributed by atoms with Crippen LogP contribution >= 0.6 is 11.6 Å². The van der Waals surface area contributed by atoms with E-state index in [1.807, 2.05) is 0 Å². The predicted octanol–water partition coefficient (Wildman–Crippen LogP) is 2.56. The Hall–Kier alpha value is -1.66. The minimum Gasteiger partial charge on any atom is -0.387 e. The van der Waals surface area contributed by atoms with Gasteiger partial charge >= 0.3 is 0 Å². The summed E-state index contributed by atoms with van der Waals surface area (Å²) in [5, 5.41) is 15.1. The molecule has 0 amide bonds. The van der Waals surface area contributed by atoms with Crippen LogP contribution in [0.4, 0.5) is 5.95 Å². The summed E-state index contributed by atoms with van der Waals surface area (Å²) >= 11 is 6.34. The van der Waals surface area contributed by atoms with E-state index in [4.69, 9.17) is 22.7 Å². The maximum absolute atomic E-state index is 7.85. The molecule has 1 aromatic rings. The largest absolute Gasteiger partial charge is 0.387 e. The number of nitrogens with zero attached hydrogens (tertiary/aromatic N) is 2. The molecule has 4 rings (SSSR count). The molecule has 2 atom stereocenters. The zero-order valence-electron chi connectivity index (χ0n) is 13.6. The average Bonchev–Trinajstić information content (AvgIpc) is 2.99. The van der Waals surface area contributed by atoms with Gasteiger partial charge in [0, 0.05) is 36.1 Å². The Kier molecular flexibility index (Phi) is 3.96. The second-order valence-corrected chi connectivity index (χ2v) is 7.78. The maximum atomic E-state index is 7.85. The minimum absolute atomic E-state index is 0.256. The van der Waals surface area contributed by atoms with E-state index in [9.17, 15) is 0 Å². The second kappa shape index (κ2) is 6.01. The lowest BCUT2D eigenvalue weighted by atomic mass is 10.0. The summed E-state index contributed by atoms with van der Waals surface area (Å²) in [7, 11) is 0. The number of aromatic nitrogens is 2. The van der Waals surface area contributed by atoms with Crippen molar-refractivity contribution in [2.24, 2.45) is 11.1 Å². The van der Waals surface area contributed by atoms with Gasteiger partial charge in [0.15, 0.2) is 0 Å². The number of rotatable bonds is 4. The topological polar surface area (TPSA) is 99.7 Å². The average molecular weight is 347 g/mol. The van der Waals surface area contributed by atoms with Crippen molar-refractivity contribution in [1.29, 1.82) is 5.41 Å². The summed E-state index contributed by atoms with van der Waals surface area (Å²) in [5.41, 5.74) is 8.88. The van der Waals surface area contributed by atoms with Crippen molar-refractivity contribution >= 4 is 29.3 Å². The van der Waals surface area contributed by atoms with E-state index < -0.39 is 0 Å². The minimum atomic E-state index is 0.256. The van der Waals surface area contributed by atoms with Gasteiger partial charge in [-0.15, -0.1) is 0 Å². The Morgan fingerprint density at radius 2 is 2.29 bits per heavy atom. The highest BCUT2D eigenvalue weighted by Crippen LogP contribution is 2.53. The third-order valence-corrected chi connectivity index (χ3v) is 5.74. The Balaban J connectivity index is 1.60. The van der Waals surface area contributed by atoms with Gasteiger partial charge in [0.1, 0.15) is 0 Å². The fourth-order valence-electron chi connectivity index (χ4n) is 3.77. The zero-order valence-corrected chi connectivity index (χ0v) is 14.4. The SMILES string of the molecule is N=C/C(=C1/CC2(CC2)CN1)c1nc(N[C@@H]2CC[C@@H](N)C2)ncc1Cl. The molecule has 0 aromatic carbocycles. The number of nitrogens with one attached hydrogen (secondary N) is 3. The van der Waals surface area contributed by atoms with Crippen LogP contribution in [-0.2, 0) is 0 Å². The summed E-state index contributed by atoms with van der Waals surface area (Å²) < 4.78 is 0. The van der Waals surface area contributed by atoms with Crippen molar-refractivity contribution in [1.82, 2.24) is 15.3 Å². The van der Waals surface area contributed by atoms with Crippen molar-refractivity contribution in [2.45, 2.75) is 50.6 Å². The normalized spacial score (nSPS) is 29.4. The molecule has 2 aliphatic carbocycles. The highest BCUT2D eigenvalue weighted by atomic mass is 35.5. The Morgan fingerprint density at radius 3 is 2.92 bits per heavy atom. The van der Waals surface area contributed by atoms with Crippen LogP contribution in [-0.4, -0.2) is 34.8 Å². The molecule has 3 fully saturated rings. The van der Waals surface area contributed by atoms with Gasteiger partial charge in [-0.3, -0.25) is 0 Å². The molecule has 2 saturated carbocycles. The molecule has 7 heteroatoms. The molecule has 0 unspecified atom stereocenters. The molecule has 1 aromatic heterocycles. The second-order valence-electron chi connectivity index (χ2n) is 7.37. The van der Waals surface area contributed by atoms with Crippen molar-refractivity contribution in [3.05, 3.63) is 22.6 Å². The lowest BCUT2D eigenvalue weighted by Crippen LogP contribution is -2.22. The van der Waals surface area contributed by atoms with E-state index >= 15 is 0 Å². The summed E-state index contributed by atoms with van der Waals surface area (Å²) in [6, 6.07) is 0.565. The van der Waals surface area contributed by atoms with Gasteiger partial charge in [0.2, 0.25) is 5.95 Å². The quantitative estimate of drug-likeness (QED) is 0.628. The van der Waals surface area contributed by atoms with E-state index in [0.29, 0.717) is 28.1 Å². The molecule has 1 spiro atoms. The monoisotopic (exact) mass is 346 g/mol. The molecule has 128 valence electrons. The van der Waals surface area contributed by atoms with E-state index in [1.165, 1.54) is 19.1 Å². The first kappa shape index (κ1) is 15.8. The molecule has 1 aliphatic heterocycles. The standard InChI is InChI=1S/C17H23ClN6/c18-13-8-21-16(23-11-2-1-10(20)5-11)24-15(13)12(7-19)14-6-17(3-4-17)9-22-14/h7-8,10-11,19,22H,1-6,9,20H2,(H,21,23,24)/b14-12+,19-7?/t10-,11-/m1/s1. The van der Waals surface area contributed by atoms with Gasteiger partial charge in [0.25, 0.3) is 0 Å². The van der Waals surface area contributed by atoms with Crippen LogP contribution in [0.15, 0.2) is 11.9 Å². The Labute approximate surface area is 146 Å². The van der Waals surface area contributed by atoms with Gasteiger partial charge in [0.05, 0.1) is 16.9 Å². The van der Waals surface area contributed by atoms with Crippen LogP contribution in [0, 0.1) is 10.8 Å². The number of nitrogens with two attached hydrogens (primary N) is 1. The molecule has 1 saturated heterocycles. The lowest BCUT2D eigenvalue weighted by molar-refractivity contribution is 0.577. The number of allylic oxidation sites excluding steroid dienone is 2. The molecule has 2 heterocycles. The molecule has 5 N–H and O–H groups in total. The first-order valence-electron chi connectivity index (χ1n) is 8.61. The Bertz CT molecular complexity index is 696. The van der Waals surface area contributed by atoms with Crippen LogP contribution in [0.3, 0.4) is 0 Å². The fourth-order valence-corrected chi connectivity index (χ4v) is 3.96. The molecule has 24 heavy (non-hydrogen) atoms. The van der Waals surface area contributed by atoms with Gasteiger partial charge < -0.3 is 21.8 Å². The molecule has 3 aliphatic rings. The van der Waals surface area contributed by atoms with Crippen molar-refractivity contribution in [3.8, 4) is 0 Å². The summed E-state index contributed by atoms with van der Waals surface area (Å²) in [4.78, 5) is 8.90. The van der Waals surface area contributed by atoms with Gasteiger partial charge in [-0.1, -0.05) is 11.6 Å². The van der Waals surface area contributed by atoms with Crippen LogP contribution in [0.1, 0.15) is 44.2 Å². The number of hydrogen-bond acceptors (Lipinski definition) is 6. The van der Waals surface area contributed by atoms with E-state index in [2.05, 4.69) is 20.6 Å². The number of anilines is 1. The fraction of sp³-hybridized carbons (Fsp3) is 0.588. The zero-order chi connectivity index (χ0) is 16.7. The van der Waals surface area contributed by atoms with Crippen LogP contribution in [0.5, 0.6) is 0 Å². The van der Waals surface area contributed by atoms with Crippen LogP contribution < -0.4 is 16.4 Å². The lowest BCUT2D eigenvalue weighted by Gasteiger charge is -2.14. The van der Waals surface area contributed by atoms with E-state index in [-0.39, 0.29) is 6.04 Å². The highest BCUT2D eigenvalue weighted by molar-refractivity contribution is 6.33. The van der Waals surface area contributed by atoms with Crippen LogP contribution in [0.2, 0.25) is 5.02 Å². The van der Waals surface area contributed by atoms with E-state index in [1.54, 1.807) is 6.20 Å². The van der Waals surface area contributed by atoms with Gasteiger partial charge in [-0.2, -0.15) is 0 Å². The molecular weight excluding hydrogens is 324 g/mol.